The lowest BCUT2D eigenvalue weighted by atomic mass is 10.1. The molecule has 0 spiro atoms. The Labute approximate surface area is 199 Å². The number of amides is 2. The van der Waals surface area contributed by atoms with Crippen molar-refractivity contribution >= 4 is 62.3 Å². The zero-order valence-electron chi connectivity index (χ0n) is 18.0. The third kappa shape index (κ3) is 5.85. The second kappa shape index (κ2) is 9.97. The molecule has 3 aromatic carbocycles. The summed E-state index contributed by atoms with van der Waals surface area (Å²) in [6.07, 6.45) is 0. The average Bonchev–Trinajstić information content (AvgIpc) is 3.21. The van der Waals surface area contributed by atoms with Crippen molar-refractivity contribution in [2.75, 3.05) is 16.4 Å². The normalized spacial score (nSPS) is 10.7. The minimum Gasteiger partial charge on any atom is -0.325 e. The van der Waals surface area contributed by atoms with Crippen LogP contribution >= 0.6 is 23.1 Å². The molecule has 0 saturated carbocycles. The third-order valence-corrected chi connectivity index (χ3v) is 7.00. The molecule has 0 aliphatic carbocycles. The van der Waals surface area contributed by atoms with Gasteiger partial charge in [0.15, 0.2) is 10.1 Å². The van der Waals surface area contributed by atoms with E-state index in [0.29, 0.717) is 22.5 Å². The molecule has 4 rings (SSSR count). The summed E-state index contributed by atoms with van der Waals surface area (Å²) in [5.74, 6) is -0.120. The van der Waals surface area contributed by atoms with Crippen molar-refractivity contribution in [2.24, 2.45) is 0 Å². The monoisotopic (exact) mass is 475 g/mol. The number of nitrogens with one attached hydrogen (secondary N) is 2. The van der Waals surface area contributed by atoms with Gasteiger partial charge in [-0.1, -0.05) is 29.5 Å². The lowest BCUT2D eigenvalue weighted by Gasteiger charge is -2.05. The van der Waals surface area contributed by atoms with Crippen LogP contribution in [0.15, 0.2) is 71.1 Å². The summed E-state index contributed by atoms with van der Waals surface area (Å²) in [5, 5.41) is 5.74. The fourth-order valence-corrected chi connectivity index (χ4v) is 4.97. The number of thiazole rings is 1. The number of carbonyl (C=O) groups is 3. The number of anilines is 2. The van der Waals surface area contributed by atoms with Gasteiger partial charge < -0.3 is 10.6 Å². The smallest absolute Gasteiger partial charge is 0.255 e. The standard InChI is InChI=1S/C25H21N3O3S2/c1-15-3-5-18(6-4-15)24(31)27-20-11-12-21-22(13-20)33-25(28-21)32-14-23(30)26-19-9-7-17(8-10-19)16(2)29/h3-13H,14H2,1-2H3,(H,26,30)(H,27,31). The molecule has 0 radical (unpaired) electrons. The van der Waals surface area contributed by atoms with Gasteiger partial charge >= 0.3 is 0 Å². The molecule has 0 aliphatic rings. The van der Waals surface area contributed by atoms with Crippen LogP contribution in [0.5, 0.6) is 0 Å². The molecule has 0 saturated heterocycles. The number of rotatable bonds is 7. The Hall–Kier alpha value is -3.49. The lowest BCUT2D eigenvalue weighted by molar-refractivity contribution is -0.113. The highest BCUT2D eigenvalue weighted by atomic mass is 32.2. The molecule has 6 nitrogen and oxygen atoms in total. The van der Waals surface area contributed by atoms with E-state index in [4.69, 9.17) is 0 Å². The number of ketones is 1. The van der Waals surface area contributed by atoms with Crippen LogP contribution in [0.4, 0.5) is 11.4 Å². The van der Waals surface area contributed by atoms with Crippen LogP contribution in [0, 0.1) is 6.92 Å². The number of aromatic nitrogens is 1. The summed E-state index contributed by atoms with van der Waals surface area (Å²) < 4.78 is 1.70. The maximum absolute atomic E-state index is 12.5. The highest BCUT2D eigenvalue weighted by molar-refractivity contribution is 8.01. The van der Waals surface area contributed by atoms with Gasteiger partial charge in [-0.3, -0.25) is 14.4 Å². The van der Waals surface area contributed by atoms with E-state index >= 15 is 0 Å². The van der Waals surface area contributed by atoms with Gasteiger partial charge in [-0.05, 0) is 68.4 Å². The first-order valence-electron chi connectivity index (χ1n) is 10.2. The minimum absolute atomic E-state index is 0.0165. The predicted molar refractivity (Wildman–Crippen MR) is 135 cm³/mol. The molecule has 0 unspecified atom stereocenters. The van der Waals surface area contributed by atoms with E-state index in [0.717, 1.165) is 20.1 Å². The topological polar surface area (TPSA) is 88.2 Å². The largest absolute Gasteiger partial charge is 0.325 e. The predicted octanol–water partition coefficient (Wildman–Crippen LogP) is 5.79. The van der Waals surface area contributed by atoms with Crippen molar-refractivity contribution in [3.8, 4) is 0 Å². The molecule has 1 heterocycles. The molecule has 0 aliphatic heterocycles. The Bertz CT molecular complexity index is 1330. The van der Waals surface area contributed by atoms with Gasteiger partial charge in [0, 0.05) is 22.5 Å². The summed E-state index contributed by atoms with van der Waals surface area (Å²) >= 11 is 2.83. The molecule has 0 fully saturated rings. The molecule has 0 bridgehead atoms. The number of aryl methyl sites for hydroxylation is 1. The van der Waals surface area contributed by atoms with Crippen molar-refractivity contribution in [1.82, 2.24) is 4.98 Å². The van der Waals surface area contributed by atoms with Crippen molar-refractivity contribution in [3.63, 3.8) is 0 Å². The van der Waals surface area contributed by atoms with Crippen molar-refractivity contribution in [1.29, 1.82) is 0 Å². The number of fused-ring (bicyclic) bond motifs is 1. The Morgan fingerprint density at radius 1 is 0.879 bits per heavy atom. The Kier molecular flexibility index (Phi) is 6.86. The first-order valence-corrected chi connectivity index (χ1v) is 12.0. The molecule has 33 heavy (non-hydrogen) atoms. The summed E-state index contributed by atoms with van der Waals surface area (Å²) in [6.45, 7) is 3.48. The van der Waals surface area contributed by atoms with Crippen molar-refractivity contribution in [3.05, 3.63) is 83.4 Å². The van der Waals surface area contributed by atoms with Crippen LogP contribution < -0.4 is 10.6 Å². The molecular weight excluding hydrogens is 454 g/mol. The van der Waals surface area contributed by atoms with E-state index in [2.05, 4.69) is 15.6 Å². The van der Waals surface area contributed by atoms with Gasteiger partial charge in [0.1, 0.15) is 0 Å². The van der Waals surface area contributed by atoms with Gasteiger partial charge in [0.25, 0.3) is 5.91 Å². The second-order valence-corrected chi connectivity index (χ2v) is 9.71. The van der Waals surface area contributed by atoms with Gasteiger partial charge in [-0.25, -0.2) is 4.98 Å². The molecule has 2 amide bonds. The third-order valence-electron chi connectivity index (χ3n) is 4.84. The Balaban J connectivity index is 1.36. The van der Waals surface area contributed by atoms with E-state index in [-0.39, 0.29) is 23.4 Å². The van der Waals surface area contributed by atoms with Crippen LogP contribution in [0.1, 0.15) is 33.2 Å². The van der Waals surface area contributed by atoms with Crippen molar-refractivity contribution in [2.45, 2.75) is 18.2 Å². The van der Waals surface area contributed by atoms with Gasteiger partial charge in [0.2, 0.25) is 5.91 Å². The molecule has 2 N–H and O–H groups in total. The minimum atomic E-state index is -0.165. The zero-order chi connectivity index (χ0) is 23.4. The van der Waals surface area contributed by atoms with E-state index in [1.54, 1.807) is 36.4 Å². The van der Waals surface area contributed by atoms with Crippen LogP contribution in [-0.2, 0) is 4.79 Å². The maximum Gasteiger partial charge on any atom is 0.255 e. The number of hydrogen-bond acceptors (Lipinski definition) is 6. The molecule has 4 aromatic rings. The van der Waals surface area contributed by atoms with E-state index in [9.17, 15) is 14.4 Å². The summed E-state index contributed by atoms with van der Waals surface area (Å²) in [5.41, 5.74) is 4.46. The van der Waals surface area contributed by atoms with Gasteiger partial charge in [0.05, 0.1) is 16.0 Å². The summed E-state index contributed by atoms with van der Waals surface area (Å²) in [4.78, 5) is 40.6. The Morgan fingerprint density at radius 2 is 1.55 bits per heavy atom. The van der Waals surface area contributed by atoms with E-state index in [1.807, 2.05) is 37.3 Å². The molecule has 8 heteroatoms. The van der Waals surface area contributed by atoms with Crippen LogP contribution in [0.3, 0.4) is 0 Å². The first kappa shape index (κ1) is 22.7. The quantitative estimate of drug-likeness (QED) is 0.261. The highest BCUT2D eigenvalue weighted by Gasteiger charge is 2.11. The number of benzene rings is 3. The lowest BCUT2D eigenvalue weighted by Crippen LogP contribution is -2.13. The van der Waals surface area contributed by atoms with Crippen LogP contribution in [0.25, 0.3) is 10.2 Å². The number of Topliss-reactive ketones (excluding diaryl/α,β-unsaturated/α-hetero) is 1. The SMILES string of the molecule is CC(=O)c1ccc(NC(=O)CSc2nc3ccc(NC(=O)c4ccc(C)cc4)cc3s2)cc1. The second-order valence-electron chi connectivity index (χ2n) is 7.45. The van der Waals surface area contributed by atoms with Crippen LogP contribution in [-0.4, -0.2) is 28.3 Å². The zero-order valence-corrected chi connectivity index (χ0v) is 19.7. The number of nitrogens with zero attached hydrogens (tertiary/aromatic N) is 1. The summed E-state index contributed by atoms with van der Waals surface area (Å²) in [6, 6.07) is 19.8. The van der Waals surface area contributed by atoms with Gasteiger partial charge in [-0.15, -0.1) is 11.3 Å². The van der Waals surface area contributed by atoms with E-state index in [1.165, 1.54) is 30.0 Å². The number of thioether (sulfide) groups is 1. The first-order chi connectivity index (χ1) is 15.9. The van der Waals surface area contributed by atoms with Crippen LogP contribution in [0.2, 0.25) is 0 Å². The fraction of sp³-hybridized carbons (Fsp3) is 0.120. The molecular formula is C25H21N3O3S2. The van der Waals surface area contributed by atoms with Crippen molar-refractivity contribution < 1.29 is 14.4 Å². The summed E-state index contributed by atoms with van der Waals surface area (Å²) in [7, 11) is 0. The Morgan fingerprint density at radius 3 is 2.24 bits per heavy atom. The fourth-order valence-electron chi connectivity index (χ4n) is 3.06. The number of carbonyl (C=O) groups excluding carboxylic acids is 3. The average molecular weight is 476 g/mol. The highest BCUT2D eigenvalue weighted by Crippen LogP contribution is 2.31. The maximum atomic E-state index is 12.5. The number of hydrogen-bond donors (Lipinski definition) is 2. The molecule has 166 valence electrons. The molecule has 0 atom stereocenters. The van der Waals surface area contributed by atoms with Gasteiger partial charge in [-0.2, -0.15) is 0 Å². The molecule has 1 aromatic heterocycles. The van der Waals surface area contributed by atoms with E-state index < -0.39 is 0 Å².